The van der Waals surface area contributed by atoms with Gasteiger partial charge in [0.25, 0.3) is 0 Å². The quantitative estimate of drug-likeness (QED) is 0.770. The van der Waals surface area contributed by atoms with Gasteiger partial charge < -0.3 is 15.4 Å². The largest absolute Gasteiger partial charge is 0.467 e. The number of ether oxygens (including phenoxy) is 1. The Labute approximate surface area is 117 Å². The molecule has 0 saturated carbocycles. The van der Waals surface area contributed by atoms with Gasteiger partial charge in [-0.25, -0.2) is 4.79 Å². The first-order chi connectivity index (χ1) is 9.45. The van der Waals surface area contributed by atoms with Gasteiger partial charge in [0.15, 0.2) is 6.04 Å². The summed E-state index contributed by atoms with van der Waals surface area (Å²) in [6, 6.07) is 7.12. The van der Waals surface area contributed by atoms with Crippen LogP contribution in [0.4, 0.5) is 0 Å². The lowest BCUT2D eigenvalue weighted by Crippen LogP contribution is -2.46. The lowest BCUT2D eigenvalue weighted by molar-refractivity contribution is -0.145. The summed E-state index contributed by atoms with van der Waals surface area (Å²) in [6.45, 7) is 2.86. The Morgan fingerprint density at radius 3 is 2.20 bits per heavy atom. The molecule has 0 heterocycles. The van der Waals surface area contributed by atoms with Crippen molar-refractivity contribution in [2.24, 2.45) is 0 Å². The maximum Gasteiger partial charge on any atom is 0.333 e. The Morgan fingerprint density at radius 1 is 1.10 bits per heavy atom. The van der Waals surface area contributed by atoms with Crippen LogP contribution in [0.3, 0.4) is 0 Å². The molecule has 6 nitrogen and oxygen atoms in total. The van der Waals surface area contributed by atoms with Gasteiger partial charge in [0, 0.05) is 6.92 Å². The maximum atomic E-state index is 11.9. The molecule has 0 saturated heterocycles. The number of esters is 1. The first-order valence-electron chi connectivity index (χ1n) is 6.16. The molecule has 20 heavy (non-hydrogen) atoms. The van der Waals surface area contributed by atoms with Gasteiger partial charge in [-0.15, -0.1) is 0 Å². The highest BCUT2D eigenvalue weighted by molar-refractivity contribution is 5.90. The molecule has 0 aliphatic heterocycles. The Bertz CT molecular complexity index is 487. The van der Waals surface area contributed by atoms with Crippen molar-refractivity contribution >= 4 is 17.8 Å². The van der Waals surface area contributed by atoms with Gasteiger partial charge in [-0.2, -0.15) is 0 Å². The van der Waals surface area contributed by atoms with Crippen molar-refractivity contribution < 1.29 is 19.1 Å². The van der Waals surface area contributed by atoms with Crippen LogP contribution in [0.1, 0.15) is 25.5 Å². The highest BCUT2D eigenvalue weighted by atomic mass is 16.5. The van der Waals surface area contributed by atoms with Gasteiger partial charge in [-0.05, 0) is 12.5 Å². The first kappa shape index (κ1) is 15.7. The molecule has 1 aromatic carbocycles. The first-order valence-corrected chi connectivity index (χ1v) is 6.16. The SMILES string of the molecule is COC(=O)C(NC(=O)C(C)NC(C)=O)c1ccccc1. The minimum Gasteiger partial charge on any atom is -0.467 e. The number of amides is 2. The Balaban J connectivity index is 2.84. The van der Waals surface area contributed by atoms with Gasteiger partial charge >= 0.3 is 5.97 Å². The number of methoxy groups -OCH3 is 1. The molecule has 2 amide bonds. The number of rotatable bonds is 5. The van der Waals surface area contributed by atoms with Crippen molar-refractivity contribution in [1.29, 1.82) is 0 Å². The summed E-state index contributed by atoms with van der Waals surface area (Å²) in [5, 5.41) is 5.01. The van der Waals surface area contributed by atoms with E-state index in [9.17, 15) is 14.4 Å². The minimum atomic E-state index is -0.898. The standard InChI is InChI=1S/C14H18N2O4/c1-9(15-10(2)17)13(18)16-12(14(19)20-3)11-7-5-4-6-8-11/h4-9,12H,1-3H3,(H,15,17)(H,16,18). The minimum absolute atomic E-state index is 0.318. The lowest BCUT2D eigenvalue weighted by Gasteiger charge is -2.19. The molecule has 108 valence electrons. The van der Waals surface area contributed by atoms with E-state index in [1.807, 2.05) is 0 Å². The van der Waals surface area contributed by atoms with Crippen LogP contribution in [-0.4, -0.2) is 30.9 Å². The molecule has 6 heteroatoms. The Morgan fingerprint density at radius 2 is 1.70 bits per heavy atom. The van der Waals surface area contributed by atoms with E-state index in [1.165, 1.54) is 21.0 Å². The number of carbonyl (C=O) groups excluding carboxylic acids is 3. The molecule has 0 radical (unpaired) electrons. The normalized spacial score (nSPS) is 12.9. The van der Waals surface area contributed by atoms with Crippen LogP contribution >= 0.6 is 0 Å². The molecule has 2 atom stereocenters. The van der Waals surface area contributed by atoms with Crippen molar-refractivity contribution in [2.45, 2.75) is 25.9 Å². The number of hydrogen-bond donors (Lipinski definition) is 2. The molecule has 1 rings (SSSR count). The molecule has 0 aliphatic rings. The third-order valence-electron chi connectivity index (χ3n) is 2.67. The van der Waals surface area contributed by atoms with Gasteiger partial charge in [0.1, 0.15) is 6.04 Å². The fourth-order valence-electron chi connectivity index (χ4n) is 1.68. The molecule has 0 aromatic heterocycles. The number of hydrogen-bond acceptors (Lipinski definition) is 4. The van der Waals surface area contributed by atoms with Crippen molar-refractivity contribution in [3.63, 3.8) is 0 Å². The summed E-state index contributed by atoms with van der Waals surface area (Å²) >= 11 is 0. The van der Waals surface area contributed by atoms with Crippen LogP contribution < -0.4 is 10.6 Å². The summed E-state index contributed by atoms with van der Waals surface area (Å²) in [5.41, 5.74) is 0.614. The van der Waals surface area contributed by atoms with Crippen LogP contribution in [0.25, 0.3) is 0 Å². The zero-order chi connectivity index (χ0) is 15.1. The van der Waals surface area contributed by atoms with Crippen molar-refractivity contribution in [3.05, 3.63) is 35.9 Å². The van der Waals surface area contributed by atoms with E-state index in [2.05, 4.69) is 15.4 Å². The van der Waals surface area contributed by atoms with E-state index >= 15 is 0 Å². The molecule has 1 aromatic rings. The second kappa shape index (κ2) is 7.28. The summed E-state index contributed by atoms with van der Waals surface area (Å²) in [5.74, 6) is -1.35. The molecule has 0 bridgehead atoms. The van der Waals surface area contributed by atoms with Crippen LogP contribution in [-0.2, 0) is 19.1 Å². The third-order valence-corrected chi connectivity index (χ3v) is 2.67. The highest BCUT2D eigenvalue weighted by Gasteiger charge is 2.25. The number of nitrogens with one attached hydrogen (secondary N) is 2. The van der Waals surface area contributed by atoms with E-state index in [0.717, 1.165) is 0 Å². The van der Waals surface area contributed by atoms with Gasteiger partial charge in [-0.3, -0.25) is 9.59 Å². The monoisotopic (exact) mass is 278 g/mol. The van der Waals surface area contributed by atoms with Crippen molar-refractivity contribution in [1.82, 2.24) is 10.6 Å². The summed E-state index contributed by atoms with van der Waals surface area (Å²) < 4.78 is 4.69. The van der Waals surface area contributed by atoms with Crippen molar-refractivity contribution in [2.75, 3.05) is 7.11 Å². The highest BCUT2D eigenvalue weighted by Crippen LogP contribution is 2.14. The van der Waals surface area contributed by atoms with Crippen LogP contribution in [0.15, 0.2) is 30.3 Å². The van der Waals surface area contributed by atoms with E-state index in [4.69, 9.17) is 0 Å². The van der Waals surface area contributed by atoms with E-state index in [-0.39, 0.29) is 5.91 Å². The summed E-state index contributed by atoms with van der Waals surface area (Å²) in [4.78, 5) is 34.6. The molecule has 2 unspecified atom stereocenters. The molecular weight excluding hydrogens is 260 g/mol. The maximum absolute atomic E-state index is 11.9. The van der Waals surface area contributed by atoms with Crippen LogP contribution in [0, 0.1) is 0 Å². The fraction of sp³-hybridized carbons (Fsp3) is 0.357. The lowest BCUT2D eigenvalue weighted by atomic mass is 10.1. The van der Waals surface area contributed by atoms with Gasteiger partial charge in [0.2, 0.25) is 11.8 Å². The van der Waals surface area contributed by atoms with Crippen molar-refractivity contribution in [3.8, 4) is 0 Å². The molecule has 0 aliphatic carbocycles. The molecule has 0 spiro atoms. The van der Waals surface area contributed by atoms with E-state index in [0.29, 0.717) is 5.56 Å². The molecule has 0 fully saturated rings. The predicted molar refractivity (Wildman–Crippen MR) is 72.6 cm³/mol. The van der Waals surface area contributed by atoms with Crippen LogP contribution in [0.5, 0.6) is 0 Å². The van der Waals surface area contributed by atoms with E-state index in [1.54, 1.807) is 30.3 Å². The second-order valence-electron chi connectivity index (χ2n) is 4.30. The Kier molecular flexibility index (Phi) is 5.71. The zero-order valence-corrected chi connectivity index (χ0v) is 11.7. The smallest absolute Gasteiger partial charge is 0.333 e. The summed E-state index contributed by atoms with van der Waals surface area (Å²) in [7, 11) is 1.25. The topological polar surface area (TPSA) is 84.5 Å². The summed E-state index contributed by atoms with van der Waals surface area (Å²) in [6.07, 6.45) is 0. The Hall–Kier alpha value is -2.37. The van der Waals surface area contributed by atoms with E-state index < -0.39 is 24.0 Å². The average molecular weight is 278 g/mol. The number of carbonyl (C=O) groups is 3. The predicted octanol–water partition coefficient (Wildman–Crippen LogP) is 0.542. The molecular formula is C14H18N2O4. The van der Waals surface area contributed by atoms with Gasteiger partial charge in [-0.1, -0.05) is 30.3 Å². The third kappa shape index (κ3) is 4.38. The average Bonchev–Trinajstić information content (AvgIpc) is 2.43. The van der Waals surface area contributed by atoms with Gasteiger partial charge in [0.05, 0.1) is 7.11 Å². The molecule has 2 N–H and O–H groups in total. The zero-order valence-electron chi connectivity index (χ0n) is 11.7. The van der Waals surface area contributed by atoms with Crippen LogP contribution in [0.2, 0.25) is 0 Å². The number of benzene rings is 1. The fourth-order valence-corrected chi connectivity index (χ4v) is 1.68. The second-order valence-corrected chi connectivity index (χ2v) is 4.30.